The molecule has 0 unspecified atom stereocenters. The monoisotopic (exact) mass is 417 g/mol. The zero-order valence-electron chi connectivity index (χ0n) is 16.2. The molecule has 0 aliphatic carbocycles. The van der Waals surface area contributed by atoms with Gasteiger partial charge in [-0.2, -0.15) is 0 Å². The van der Waals surface area contributed by atoms with Gasteiger partial charge in [-0.3, -0.25) is 4.57 Å². The molecule has 0 saturated carbocycles. The van der Waals surface area contributed by atoms with Crippen molar-refractivity contribution in [3.63, 3.8) is 0 Å². The average Bonchev–Trinajstić information content (AvgIpc) is 3.11. The molecule has 0 atom stereocenters. The molecule has 3 aromatic rings. The predicted octanol–water partition coefficient (Wildman–Crippen LogP) is 1.84. The van der Waals surface area contributed by atoms with E-state index in [0.717, 1.165) is 11.3 Å². The van der Waals surface area contributed by atoms with Gasteiger partial charge in [-0.05, 0) is 13.0 Å². The van der Waals surface area contributed by atoms with Crippen molar-refractivity contribution in [1.82, 2.24) is 29.7 Å². The number of halogens is 1. The van der Waals surface area contributed by atoms with Crippen molar-refractivity contribution in [2.75, 3.05) is 32.2 Å². The van der Waals surface area contributed by atoms with Gasteiger partial charge in [0.25, 0.3) is 0 Å². The molecule has 1 aliphatic heterocycles. The second-order valence-corrected chi connectivity index (χ2v) is 6.84. The fourth-order valence-corrected chi connectivity index (χ4v) is 3.12. The first-order valence-electron chi connectivity index (χ1n) is 8.93. The molecule has 1 saturated heterocycles. The summed E-state index contributed by atoms with van der Waals surface area (Å²) in [7, 11) is 3.20. The van der Waals surface area contributed by atoms with Gasteiger partial charge in [0, 0.05) is 18.7 Å². The Bertz CT molecular complexity index is 990. The molecule has 152 valence electrons. The Balaban J connectivity index is 1.53. The lowest BCUT2D eigenvalue weighted by Crippen LogP contribution is -2.55. The molecule has 3 aromatic heterocycles. The number of pyridine rings is 1. The van der Waals surface area contributed by atoms with Gasteiger partial charge in [-0.15, -0.1) is 10.2 Å². The maximum atomic E-state index is 6.04. The van der Waals surface area contributed by atoms with Crippen LogP contribution in [0, 0.1) is 6.92 Å². The van der Waals surface area contributed by atoms with Gasteiger partial charge >= 0.3 is 0 Å². The topological polar surface area (TPSA) is 100 Å². The Kier molecular flexibility index (Phi) is 5.45. The molecule has 10 nitrogen and oxygen atoms in total. The molecule has 4 rings (SSSR count). The Morgan fingerprint density at radius 2 is 1.97 bits per heavy atom. The highest BCUT2D eigenvalue weighted by Crippen LogP contribution is 2.28. The highest BCUT2D eigenvalue weighted by Gasteiger charge is 2.34. The van der Waals surface area contributed by atoms with Crippen molar-refractivity contribution in [3.8, 4) is 17.4 Å². The number of nitrogens with zero attached hydrogens (tertiary/aromatic N) is 7. The number of hydrogen-bond acceptors (Lipinski definition) is 9. The largest absolute Gasteiger partial charge is 0.481 e. The third-order valence-electron chi connectivity index (χ3n) is 4.56. The standard InChI is InChI=1S/C18H20ClN7O3/c1-11-16(19)21-10-22-17(11)29-13-7-25(8-13)18-24-23-14(9-27-2)26(18)12-4-5-15(28-3)20-6-12/h4-6,10,13H,7-9H2,1-3H3. The van der Waals surface area contributed by atoms with E-state index in [1.807, 2.05) is 17.6 Å². The van der Waals surface area contributed by atoms with Gasteiger partial charge < -0.3 is 19.1 Å². The normalized spacial score (nSPS) is 14.0. The second kappa shape index (κ2) is 8.18. The first kappa shape index (κ1) is 19.3. The summed E-state index contributed by atoms with van der Waals surface area (Å²) in [6.07, 6.45) is 3.07. The Hall–Kier alpha value is -2.98. The lowest BCUT2D eigenvalue weighted by molar-refractivity contribution is 0.157. The van der Waals surface area contributed by atoms with Crippen molar-refractivity contribution in [2.24, 2.45) is 0 Å². The van der Waals surface area contributed by atoms with Crippen LogP contribution in [0.15, 0.2) is 24.7 Å². The lowest BCUT2D eigenvalue weighted by Gasteiger charge is -2.39. The van der Waals surface area contributed by atoms with Crippen LogP contribution in [-0.2, 0) is 11.3 Å². The Labute approximate surface area is 172 Å². The van der Waals surface area contributed by atoms with Crippen LogP contribution in [0.5, 0.6) is 11.8 Å². The van der Waals surface area contributed by atoms with Crippen molar-refractivity contribution in [1.29, 1.82) is 0 Å². The van der Waals surface area contributed by atoms with E-state index in [9.17, 15) is 0 Å². The minimum atomic E-state index is -0.0373. The zero-order valence-corrected chi connectivity index (χ0v) is 17.0. The summed E-state index contributed by atoms with van der Waals surface area (Å²) in [6.45, 7) is 3.43. The number of aromatic nitrogens is 6. The Morgan fingerprint density at radius 3 is 2.66 bits per heavy atom. The molecule has 29 heavy (non-hydrogen) atoms. The van der Waals surface area contributed by atoms with Crippen LogP contribution < -0.4 is 14.4 Å². The molecule has 1 aliphatic rings. The maximum absolute atomic E-state index is 6.04. The van der Waals surface area contributed by atoms with Gasteiger partial charge in [-0.25, -0.2) is 15.0 Å². The van der Waals surface area contributed by atoms with Crippen LogP contribution in [0.3, 0.4) is 0 Å². The second-order valence-electron chi connectivity index (χ2n) is 6.48. The van der Waals surface area contributed by atoms with Crippen LogP contribution in [0.4, 0.5) is 5.95 Å². The Morgan fingerprint density at radius 1 is 1.14 bits per heavy atom. The minimum absolute atomic E-state index is 0.0373. The molecule has 11 heteroatoms. The van der Waals surface area contributed by atoms with Gasteiger partial charge in [0.1, 0.15) is 24.2 Å². The maximum Gasteiger partial charge on any atom is 0.232 e. The summed E-state index contributed by atoms with van der Waals surface area (Å²) >= 11 is 6.04. The quantitative estimate of drug-likeness (QED) is 0.533. The smallest absolute Gasteiger partial charge is 0.232 e. The molecule has 1 fully saturated rings. The molecular weight excluding hydrogens is 398 g/mol. The molecule has 0 spiro atoms. The summed E-state index contributed by atoms with van der Waals surface area (Å²) in [5.74, 6) is 2.40. The molecule has 4 heterocycles. The van der Waals surface area contributed by atoms with E-state index in [0.29, 0.717) is 48.4 Å². The SMILES string of the molecule is COCc1nnc(N2CC(Oc3ncnc(Cl)c3C)C2)n1-c1ccc(OC)nc1. The fraction of sp³-hybridized carbons (Fsp3) is 0.389. The molecule has 0 bridgehead atoms. The molecule has 0 aromatic carbocycles. The van der Waals surface area contributed by atoms with Gasteiger partial charge in [0.15, 0.2) is 5.82 Å². The lowest BCUT2D eigenvalue weighted by atomic mass is 10.2. The molecule has 0 N–H and O–H groups in total. The number of hydrogen-bond donors (Lipinski definition) is 0. The zero-order chi connectivity index (χ0) is 20.4. The van der Waals surface area contributed by atoms with Crippen LogP contribution >= 0.6 is 11.6 Å². The summed E-state index contributed by atoms with van der Waals surface area (Å²) in [6, 6.07) is 3.69. The fourth-order valence-electron chi connectivity index (χ4n) is 2.99. The van der Waals surface area contributed by atoms with Gasteiger partial charge in [0.2, 0.25) is 17.7 Å². The first-order chi connectivity index (χ1) is 14.1. The van der Waals surface area contributed by atoms with Gasteiger partial charge in [0.05, 0.1) is 32.1 Å². The average molecular weight is 418 g/mol. The number of rotatable bonds is 7. The highest BCUT2D eigenvalue weighted by molar-refractivity contribution is 6.30. The molecule has 0 radical (unpaired) electrons. The number of anilines is 1. The molecule has 0 amide bonds. The van der Waals surface area contributed by atoms with E-state index in [-0.39, 0.29) is 6.10 Å². The van der Waals surface area contributed by atoms with Crippen molar-refractivity contribution < 1.29 is 14.2 Å². The first-order valence-corrected chi connectivity index (χ1v) is 9.30. The van der Waals surface area contributed by atoms with Crippen molar-refractivity contribution >= 4 is 17.5 Å². The summed E-state index contributed by atoms with van der Waals surface area (Å²) in [5, 5.41) is 9.01. The number of methoxy groups -OCH3 is 2. The molecular formula is C18H20ClN7O3. The summed E-state index contributed by atoms with van der Waals surface area (Å²) in [4.78, 5) is 14.5. The van der Waals surface area contributed by atoms with Crippen molar-refractivity contribution in [3.05, 3.63) is 41.2 Å². The van der Waals surface area contributed by atoms with Crippen LogP contribution in [0.25, 0.3) is 5.69 Å². The van der Waals surface area contributed by atoms with Crippen LogP contribution in [0.1, 0.15) is 11.4 Å². The van der Waals surface area contributed by atoms with E-state index in [1.165, 1.54) is 6.33 Å². The van der Waals surface area contributed by atoms with Crippen LogP contribution in [-0.4, -0.2) is 63.1 Å². The minimum Gasteiger partial charge on any atom is -0.481 e. The third kappa shape index (κ3) is 3.81. The highest BCUT2D eigenvalue weighted by atomic mass is 35.5. The van der Waals surface area contributed by atoms with Crippen molar-refractivity contribution in [2.45, 2.75) is 19.6 Å². The van der Waals surface area contributed by atoms with E-state index >= 15 is 0 Å². The van der Waals surface area contributed by atoms with E-state index in [4.69, 9.17) is 25.8 Å². The third-order valence-corrected chi connectivity index (χ3v) is 4.94. The predicted molar refractivity (Wildman–Crippen MR) is 105 cm³/mol. The summed E-state index contributed by atoms with van der Waals surface area (Å²) in [5.41, 5.74) is 1.54. The van der Waals surface area contributed by atoms with E-state index < -0.39 is 0 Å². The van der Waals surface area contributed by atoms with Gasteiger partial charge in [-0.1, -0.05) is 11.6 Å². The number of ether oxygens (including phenoxy) is 3. The van der Waals surface area contributed by atoms with E-state index in [2.05, 4.69) is 30.0 Å². The van der Waals surface area contributed by atoms with E-state index in [1.54, 1.807) is 26.5 Å². The summed E-state index contributed by atoms with van der Waals surface area (Å²) < 4.78 is 18.3. The van der Waals surface area contributed by atoms with Crippen LogP contribution in [0.2, 0.25) is 5.15 Å².